The van der Waals surface area contributed by atoms with Gasteiger partial charge in [0.15, 0.2) is 11.5 Å². The highest BCUT2D eigenvalue weighted by Gasteiger charge is 2.24. The molecule has 2 aliphatic heterocycles. The molecular weight excluding hydrogens is 450 g/mol. The molecule has 36 heavy (non-hydrogen) atoms. The van der Waals surface area contributed by atoms with Crippen LogP contribution in [0.4, 0.5) is 0 Å². The van der Waals surface area contributed by atoms with Gasteiger partial charge in [0.2, 0.25) is 6.79 Å². The standard InChI is InChI=1S/C30H31N3O3/c1-21-22(2)33(19-23-6-4-3-5-7-23)27-10-9-25(17-26(21)27)30(34)32-14-12-31(13-15-32)18-24-8-11-28-29(16-24)36-20-35-28/h3-11,16-17H,12-15,18-20H2,1-2H3. The third-order valence-electron chi connectivity index (χ3n) is 7.57. The van der Waals surface area contributed by atoms with Gasteiger partial charge in [-0.3, -0.25) is 9.69 Å². The van der Waals surface area contributed by atoms with Gasteiger partial charge in [-0.05, 0) is 60.9 Å². The van der Waals surface area contributed by atoms with Crippen LogP contribution >= 0.6 is 0 Å². The molecule has 0 radical (unpaired) electrons. The van der Waals surface area contributed by atoms with Gasteiger partial charge in [-0.1, -0.05) is 36.4 Å². The maximum absolute atomic E-state index is 13.4. The van der Waals surface area contributed by atoms with E-state index in [1.165, 1.54) is 27.9 Å². The van der Waals surface area contributed by atoms with E-state index in [0.717, 1.165) is 61.7 Å². The number of fused-ring (bicyclic) bond motifs is 2. The molecule has 0 saturated carbocycles. The summed E-state index contributed by atoms with van der Waals surface area (Å²) >= 11 is 0. The van der Waals surface area contributed by atoms with E-state index in [1.54, 1.807) is 0 Å². The number of ether oxygens (including phenoxy) is 2. The van der Waals surface area contributed by atoms with Crippen molar-refractivity contribution in [1.82, 2.24) is 14.4 Å². The fraction of sp³-hybridized carbons (Fsp3) is 0.300. The first-order valence-corrected chi connectivity index (χ1v) is 12.6. The SMILES string of the molecule is Cc1c(C)n(Cc2ccccc2)c2ccc(C(=O)N3CCN(Cc4ccc5c(c4)OCO5)CC3)cc12. The molecule has 0 N–H and O–H groups in total. The van der Waals surface area contributed by atoms with Crippen LogP contribution in [-0.4, -0.2) is 53.2 Å². The van der Waals surface area contributed by atoms with E-state index in [2.05, 4.69) is 71.8 Å². The number of hydrogen-bond acceptors (Lipinski definition) is 4. The van der Waals surface area contributed by atoms with Crippen LogP contribution in [0.1, 0.15) is 32.7 Å². The molecular formula is C30H31N3O3. The quantitative estimate of drug-likeness (QED) is 0.403. The van der Waals surface area contributed by atoms with E-state index in [-0.39, 0.29) is 5.91 Å². The fourth-order valence-corrected chi connectivity index (χ4v) is 5.34. The second-order valence-electron chi connectivity index (χ2n) is 9.77. The summed E-state index contributed by atoms with van der Waals surface area (Å²) in [6, 6.07) is 22.8. The molecule has 6 heteroatoms. The molecule has 1 aromatic heterocycles. The maximum atomic E-state index is 13.4. The lowest BCUT2D eigenvalue weighted by atomic mass is 10.1. The lowest BCUT2D eigenvalue weighted by Crippen LogP contribution is -2.48. The number of piperazine rings is 1. The summed E-state index contributed by atoms with van der Waals surface area (Å²) in [4.78, 5) is 17.8. The van der Waals surface area contributed by atoms with Gasteiger partial charge < -0.3 is 18.9 Å². The zero-order valence-electron chi connectivity index (χ0n) is 20.9. The molecule has 0 spiro atoms. The van der Waals surface area contributed by atoms with Crippen LogP contribution in [0.15, 0.2) is 66.7 Å². The minimum atomic E-state index is 0.118. The first kappa shape index (κ1) is 22.7. The zero-order valence-corrected chi connectivity index (χ0v) is 20.9. The normalized spacial score (nSPS) is 15.6. The monoisotopic (exact) mass is 481 g/mol. The van der Waals surface area contributed by atoms with Crippen LogP contribution < -0.4 is 9.47 Å². The van der Waals surface area contributed by atoms with E-state index >= 15 is 0 Å². The van der Waals surface area contributed by atoms with Crippen molar-refractivity contribution in [2.24, 2.45) is 0 Å². The Balaban J connectivity index is 1.14. The van der Waals surface area contributed by atoms with Crippen molar-refractivity contribution in [3.8, 4) is 11.5 Å². The van der Waals surface area contributed by atoms with Crippen LogP contribution in [-0.2, 0) is 13.1 Å². The molecule has 0 unspecified atom stereocenters. The molecule has 1 fully saturated rings. The average molecular weight is 482 g/mol. The highest BCUT2D eigenvalue weighted by atomic mass is 16.7. The third kappa shape index (κ3) is 4.22. The highest BCUT2D eigenvalue weighted by molar-refractivity contribution is 5.99. The summed E-state index contributed by atoms with van der Waals surface area (Å²) in [6.45, 7) is 9.46. The first-order valence-electron chi connectivity index (χ1n) is 12.6. The molecule has 0 atom stereocenters. The summed E-state index contributed by atoms with van der Waals surface area (Å²) in [5.74, 6) is 1.75. The van der Waals surface area contributed by atoms with Crippen molar-refractivity contribution in [2.75, 3.05) is 33.0 Å². The van der Waals surface area contributed by atoms with Crippen LogP contribution in [0.2, 0.25) is 0 Å². The van der Waals surface area contributed by atoms with Gasteiger partial charge in [0.1, 0.15) is 0 Å². The molecule has 1 saturated heterocycles. The van der Waals surface area contributed by atoms with Gasteiger partial charge in [-0.2, -0.15) is 0 Å². The van der Waals surface area contributed by atoms with Crippen molar-refractivity contribution in [3.05, 3.63) is 94.7 Å². The van der Waals surface area contributed by atoms with Crippen molar-refractivity contribution < 1.29 is 14.3 Å². The first-order chi connectivity index (χ1) is 17.6. The second kappa shape index (κ2) is 9.36. The number of nitrogens with zero attached hydrogens (tertiary/aromatic N) is 3. The van der Waals surface area contributed by atoms with Gasteiger partial charge >= 0.3 is 0 Å². The molecule has 3 heterocycles. The minimum Gasteiger partial charge on any atom is -0.454 e. The summed E-state index contributed by atoms with van der Waals surface area (Å²) in [6.07, 6.45) is 0. The van der Waals surface area contributed by atoms with Crippen LogP contribution in [0.5, 0.6) is 11.5 Å². The van der Waals surface area contributed by atoms with E-state index in [1.807, 2.05) is 23.1 Å². The summed E-state index contributed by atoms with van der Waals surface area (Å²) in [5, 5.41) is 1.16. The second-order valence-corrected chi connectivity index (χ2v) is 9.77. The maximum Gasteiger partial charge on any atom is 0.253 e. The predicted octanol–water partition coefficient (Wildman–Crippen LogP) is 4.99. The number of aromatic nitrogens is 1. The molecule has 3 aromatic carbocycles. The number of aryl methyl sites for hydroxylation is 1. The number of carbonyl (C=O) groups is 1. The average Bonchev–Trinajstić information content (AvgIpc) is 3.47. The predicted molar refractivity (Wildman–Crippen MR) is 141 cm³/mol. The molecule has 6 rings (SSSR count). The number of hydrogen-bond donors (Lipinski definition) is 0. The van der Waals surface area contributed by atoms with Crippen molar-refractivity contribution in [2.45, 2.75) is 26.9 Å². The molecule has 1 amide bonds. The van der Waals surface area contributed by atoms with E-state index < -0.39 is 0 Å². The number of amides is 1. The topological polar surface area (TPSA) is 46.9 Å². The third-order valence-corrected chi connectivity index (χ3v) is 7.57. The summed E-state index contributed by atoms with van der Waals surface area (Å²) < 4.78 is 13.3. The number of carbonyl (C=O) groups excluding carboxylic acids is 1. The Hall–Kier alpha value is -3.77. The Morgan fingerprint density at radius 2 is 1.58 bits per heavy atom. The van der Waals surface area contributed by atoms with Gasteiger partial charge in [0, 0.05) is 61.4 Å². The Kier molecular flexibility index (Phi) is 5.89. The molecule has 4 aromatic rings. The Morgan fingerprint density at radius 1 is 0.806 bits per heavy atom. The molecule has 6 nitrogen and oxygen atoms in total. The Labute approximate surface area is 211 Å². The van der Waals surface area contributed by atoms with Crippen LogP contribution in [0, 0.1) is 13.8 Å². The molecule has 184 valence electrons. The van der Waals surface area contributed by atoms with E-state index in [9.17, 15) is 4.79 Å². The lowest BCUT2D eigenvalue weighted by Gasteiger charge is -2.34. The minimum absolute atomic E-state index is 0.118. The van der Waals surface area contributed by atoms with Crippen LogP contribution in [0.25, 0.3) is 10.9 Å². The van der Waals surface area contributed by atoms with Gasteiger partial charge in [-0.25, -0.2) is 0 Å². The smallest absolute Gasteiger partial charge is 0.253 e. The largest absolute Gasteiger partial charge is 0.454 e. The summed E-state index contributed by atoms with van der Waals surface area (Å²) in [7, 11) is 0. The highest BCUT2D eigenvalue weighted by Crippen LogP contribution is 2.33. The molecule has 0 bridgehead atoms. The molecule has 2 aliphatic rings. The lowest BCUT2D eigenvalue weighted by molar-refractivity contribution is 0.0628. The van der Waals surface area contributed by atoms with Crippen molar-refractivity contribution >= 4 is 16.8 Å². The van der Waals surface area contributed by atoms with Crippen molar-refractivity contribution in [3.63, 3.8) is 0 Å². The number of benzene rings is 3. The number of rotatable bonds is 5. The van der Waals surface area contributed by atoms with Crippen molar-refractivity contribution in [1.29, 1.82) is 0 Å². The van der Waals surface area contributed by atoms with Gasteiger partial charge in [0.25, 0.3) is 5.91 Å². The fourth-order valence-electron chi connectivity index (χ4n) is 5.34. The Bertz CT molecular complexity index is 1420. The van der Waals surface area contributed by atoms with Gasteiger partial charge in [0.05, 0.1) is 0 Å². The molecule has 0 aliphatic carbocycles. The Morgan fingerprint density at radius 3 is 2.39 bits per heavy atom. The zero-order chi connectivity index (χ0) is 24.6. The van der Waals surface area contributed by atoms with E-state index in [0.29, 0.717) is 6.79 Å². The van der Waals surface area contributed by atoms with E-state index in [4.69, 9.17) is 9.47 Å². The van der Waals surface area contributed by atoms with Gasteiger partial charge in [-0.15, -0.1) is 0 Å². The van der Waals surface area contributed by atoms with Crippen LogP contribution in [0.3, 0.4) is 0 Å². The summed E-state index contributed by atoms with van der Waals surface area (Å²) in [5.41, 5.74) is 6.91.